The number of fused-ring (bicyclic) bond motifs is 1. The molecule has 1 unspecified atom stereocenters. The number of furan rings is 1. The molecule has 1 N–H and O–H groups in total. The molecule has 0 spiro atoms. The zero-order chi connectivity index (χ0) is 27.4. The number of aryl methyl sites for hydroxylation is 1. The minimum Gasteiger partial charge on any atom is -0.464 e. The van der Waals surface area contributed by atoms with Gasteiger partial charge in [0.1, 0.15) is 29.7 Å². The highest BCUT2D eigenvalue weighted by molar-refractivity contribution is 5.92. The van der Waals surface area contributed by atoms with Crippen molar-refractivity contribution < 1.29 is 37.0 Å². The fourth-order valence-electron chi connectivity index (χ4n) is 4.55. The summed E-state index contributed by atoms with van der Waals surface area (Å²) in [7, 11) is 0. The van der Waals surface area contributed by atoms with E-state index in [-0.39, 0.29) is 50.7 Å². The van der Waals surface area contributed by atoms with Gasteiger partial charge in [-0.2, -0.15) is 0 Å². The molecule has 1 fully saturated rings. The number of hydrogen-bond acceptors (Lipinski definition) is 6. The SMILES string of the molecule is Cc1ccc(CN(Cc2ccc3c(c2)OCO3)C(=O)CN(CC2CCCO2)C(=O)Nc2ccc(F)cc2F)o1. The van der Waals surface area contributed by atoms with Gasteiger partial charge in [-0.3, -0.25) is 4.79 Å². The smallest absolute Gasteiger partial charge is 0.322 e. The molecule has 3 aromatic rings. The molecule has 206 valence electrons. The average Bonchev–Trinajstić information content (AvgIpc) is 3.67. The van der Waals surface area contributed by atoms with Crippen molar-refractivity contribution in [1.82, 2.24) is 9.80 Å². The van der Waals surface area contributed by atoms with E-state index < -0.39 is 17.7 Å². The summed E-state index contributed by atoms with van der Waals surface area (Å²) in [5.41, 5.74) is 0.619. The number of nitrogens with zero attached hydrogens (tertiary/aromatic N) is 2. The lowest BCUT2D eigenvalue weighted by molar-refractivity contribution is -0.133. The standard InChI is InChI=1S/C28H29F2N3O6/c1-18-4-7-22(39-18)15-32(13-19-5-9-25-26(11-19)38-17-37-25)27(34)16-33(14-21-3-2-10-36-21)28(35)31-24-8-6-20(29)12-23(24)30/h4-9,11-12,21H,2-3,10,13-17H2,1H3,(H,31,35). The Bertz CT molecular complexity index is 1340. The lowest BCUT2D eigenvalue weighted by Crippen LogP contribution is -2.47. The normalized spacial score (nSPS) is 15.8. The van der Waals surface area contributed by atoms with Gasteiger partial charge in [0.2, 0.25) is 12.7 Å². The van der Waals surface area contributed by atoms with Gasteiger partial charge in [0.05, 0.1) is 18.3 Å². The van der Waals surface area contributed by atoms with E-state index in [1.807, 2.05) is 25.1 Å². The van der Waals surface area contributed by atoms with E-state index in [2.05, 4.69) is 5.32 Å². The van der Waals surface area contributed by atoms with E-state index >= 15 is 0 Å². The highest BCUT2D eigenvalue weighted by atomic mass is 19.1. The maximum atomic E-state index is 14.2. The van der Waals surface area contributed by atoms with Crippen LogP contribution in [0, 0.1) is 18.6 Å². The second-order valence-corrected chi connectivity index (χ2v) is 9.52. The molecule has 1 aromatic heterocycles. The van der Waals surface area contributed by atoms with Crippen LogP contribution in [0.25, 0.3) is 0 Å². The maximum Gasteiger partial charge on any atom is 0.322 e. The lowest BCUT2D eigenvalue weighted by Gasteiger charge is -2.29. The number of hydrogen-bond donors (Lipinski definition) is 1. The molecule has 0 radical (unpaired) electrons. The van der Waals surface area contributed by atoms with Crippen molar-refractivity contribution in [2.75, 3.05) is 31.8 Å². The summed E-state index contributed by atoms with van der Waals surface area (Å²) in [6.07, 6.45) is 1.32. The van der Waals surface area contributed by atoms with E-state index in [1.54, 1.807) is 17.0 Å². The second-order valence-electron chi connectivity index (χ2n) is 9.52. The van der Waals surface area contributed by atoms with E-state index in [0.717, 1.165) is 30.5 Å². The van der Waals surface area contributed by atoms with Gasteiger partial charge in [0, 0.05) is 25.8 Å². The zero-order valence-electron chi connectivity index (χ0n) is 21.5. The van der Waals surface area contributed by atoms with Gasteiger partial charge in [-0.25, -0.2) is 13.6 Å². The van der Waals surface area contributed by atoms with Gasteiger partial charge in [0.25, 0.3) is 0 Å². The molecule has 3 amide bonds. The fourth-order valence-corrected chi connectivity index (χ4v) is 4.55. The van der Waals surface area contributed by atoms with Gasteiger partial charge >= 0.3 is 6.03 Å². The maximum absolute atomic E-state index is 14.2. The predicted molar refractivity (Wildman–Crippen MR) is 136 cm³/mol. The van der Waals surface area contributed by atoms with Gasteiger partial charge in [-0.05, 0) is 61.7 Å². The number of carbonyl (C=O) groups excluding carboxylic acids is 2. The van der Waals surface area contributed by atoms with Crippen LogP contribution in [0.2, 0.25) is 0 Å². The predicted octanol–water partition coefficient (Wildman–Crippen LogP) is 4.84. The third-order valence-corrected chi connectivity index (χ3v) is 6.54. The number of rotatable bonds is 9. The first-order valence-corrected chi connectivity index (χ1v) is 12.7. The second kappa shape index (κ2) is 11.7. The van der Waals surface area contributed by atoms with Crippen LogP contribution in [0.5, 0.6) is 11.5 Å². The van der Waals surface area contributed by atoms with Crippen molar-refractivity contribution in [3.05, 3.63) is 77.2 Å². The van der Waals surface area contributed by atoms with E-state index in [4.69, 9.17) is 18.6 Å². The van der Waals surface area contributed by atoms with Crippen LogP contribution >= 0.6 is 0 Å². The van der Waals surface area contributed by atoms with Gasteiger partial charge in [-0.1, -0.05) is 6.07 Å². The number of halogens is 2. The van der Waals surface area contributed by atoms with Crippen molar-refractivity contribution in [3.8, 4) is 11.5 Å². The third kappa shape index (κ3) is 6.66. The Hall–Kier alpha value is -4.12. The van der Waals surface area contributed by atoms with Crippen LogP contribution in [0.3, 0.4) is 0 Å². The first-order valence-electron chi connectivity index (χ1n) is 12.7. The van der Waals surface area contributed by atoms with Crippen LogP contribution in [0.1, 0.15) is 29.9 Å². The number of benzene rings is 2. The highest BCUT2D eigenvalue weighted by Crippen LogP contribution is 2.33. The molecule has 0 aliphatic carbocycles. The summed E-state index contributed by atoms with van der Waals surface area (Å²) in [6, 6.07) is 11.2. The fraction of sp³-hybridized carbons (Fsp3) is 0.357. The summed E-state index contributed by atoms with van der Waals surface area (Å²) in [4.78, 5) is 29.8. The largest absolute Gasteiger partial charge is 0.464 e. The van der Waals surface area contributed by atoms with E-state index in [1.165, 1.54) is 4.90 Å². The Kier molecular flexibility index (Phi) is 7.97. The first-order chi connectivity index (χ1) is 18.8. The topological polar surface area (TPSA) is 93.5 Å². The first kappa shape index (κ1) is 26.5. The number of ether oxygens (including phenoxy) is 3. The molecule has 2 aromatic carbocycles. The molecule has 2 aliphatic rings. The number of amides is 3. The van der Waals surface area contributed by atoms with Crippen molar-refractivity contribution in [2.45, 2.75) is 39.0 Å². The number of carbonyl (C=O) groups is 2. The summed E-state index contributed by atoms with van der Waals surface area (Å²) in [6.45, 7) is 2.75. The Balaban J connectivity index is 1.35. The van der Waals surface area contributed by atoms with Gasteiger partial charge < -0.3 is 33.7 Å². The molecule has 3 heterocycles. The Morgan fingerprint density at radius 2 is 1.85 bits per heavy atom. The average molecular weight is 542 g/mol. The van der Waals surface area contributed by atoms with Crippen molar-refractivity contribution in [1.29, 1.82) is 0 Å². The number of anilines is 1. The highest BCUT2D eigenvalue weighted by Gasteiger charge is 2.28. The molecule has 0 bridgehead atoms. The Morgan fingerprint density at radius 3 is 2.59 bits per heavy atom. The van der Waals surface area contributed by atoms with Gasteiger partial charge in [0.15, 0.2) is 11.5 Å². The molecule has 1 saturated heterocycles. The van der Waals surface area contributed by atoms with Crippen LogP contribution in [0.15, 0.2) is 52.9 Å². The molecule has 0 saturated carbocycles. The molecule has 1 atom stereocenters. The minimum atomic E-state index is -0.913. The van der Waals surface area contributed by atoms with Crippen LogP contribution < -0.4 is 14.8 Å². The Labute approximate surface area is 224 Å². The number of nitrogens with one attached hydrogen (secondary N) is 1. The monoisotopic (exact) mass is 541 g/mol. The van der Waals surface area contributed by atoms with Crippen molar-refractivity contribution in [2.24, 2.45) is 0 Å². The third-order valence-electron chi connectivity index (χ3n) is 6.54. The van der Waals surface area contributed by atoms with Crippen LogP contribution in [-0.2, 0) is 22.6 Å². The van der Waals surface area contributed by atoms with Gasteiger partial charge in [-0.15, -0.1) is 0 Å². The molecule has 11 heteroatoms. The minimum absolute atomic E-state index is 0.134. The molecule has 9 nitrogen and oxygen atoms in total. The van der Waals surface area contributed by atoms with E-state index in [9.17, 15) is 18.4 Å². The summed E-state index contributed by atoms with van der Waals surface area (Å²) in [5.74, 6) is 0.495. The molecule has 5 rings (SSSR count). The molecular weight excluding hydrogens is 512 g/mol. The van der Waals surface area contributed by atoms with Crippen molar-refractivity contribution >= 4 is 17.6 Å². The van der Waals surface area contributed by atoms with Crippen LogP contribution in [-0.4, -0.2) is 54.3 Å². The molecule has 39 heavy (non-hydrogen) atoms. The number of urea groups is 1. The summed E-state index contributed by atoms with van der Waals surface area (Å²) >= 11 is 0. The lowest BCUT2D eigenvalue weighted by atomic mass is 10.1. The quantitative estimate of drug-likeness (QED) is 0.417. The van der Waals surface area contributed by atoms with E-state index in [0.29, 0.717) is 35.7 Å². The summed E-state index contributed by atoms with van der Waals surface area (Å²) in [5, 5.41) is 2.46. The van der Waals surface area contributed by atoms with Crippen LogP contribution in [0.4, 0.5) is 19.3 Å². The molecular formula is C28H29F2N3O6. The van der Waals surface area contributed by atoms with Crippen molar-refractivity contribution in [3.63, 3.8) is 0 Å². The molecule has 2 aliphatic heterocycles. The summed E-state index contributed by atoms with van der Waals surface area (Å²) < 4.78 is 49.9. The Morgan fingerprint density at radius 1 is 1.00 bits per heavy atom. The zero-order valence-corrected chi connectivity index (χ0v) is 21.5.